The van der Waals surface area contributed by atoms with E-state index < -0.39 is 0 Å². The summed E-state index contributed by atoms with van der Waals surface area (Å²) in [4.78, 5) is 11.4. The Balaban J connectivity index is 1.65. The summed E-state index contributed by atoms with van der Waals surface area (Å²) in [7, 11) is 0. The summed E-state index contributed by atoms with van der Waals surface area (Å²) in [5.74, 6) is 1.21. The molecule has 4 heteroatoms. The molecule has 1 fully saturated rings. The van der Waals surface area contributed by atoms with E-state index in [2.05, 4.69) is 14.9 Å². The summed E-state index contributed by atoms with van der Waals surface area (Å²) >= 11 is 0. The van der Waals surface area contributed by atoms with Gasteiger partial charge in [-0.25, -0.2) is 14.4 Å². The first-order valence-electron chi connectivity index (χ1n) is 7.39. The van der Waals surface area contributed by atoms with Gasteiger partial charge in [0.05, 0.1) is 6.54 Å². The van der Waals surface area contributed by atoms with E-state index in [9.17, 15) is 4.39 Å². The number of aryl methyl sites for hydroxylation is 2. The van der Waals surface area contributed by atoms with Gasteiger partial charge < -0.3 is 0 Å². The van der Waals surface area contributed by atoms with Crippen LogP contribution in [0.25, 0.3) is 0 Å². The average molecular weight is 285 g/mol. The van der Waals surface area contributed by atoms with Crippen LogP contribution in [0.5, 0.6) is 0 Å². The molecule has 3 rings (SSSR count). The summed E-state index contributed by atoms with van der Waals surface area (Å²) in [6, 6.07) is 8.89. The van der Waals surface area contributed by atoms with Gasteiger partial charge in [-0.15, -0.1) is 0 Å². The van der Waals surface area contributed by atoms with Crippen molar-refractivity contribution in [2.24, 2.45) is 0 Å². The maximum atomic E-state index is 13.0. The molecule has 21 heavy (non-hydrogen) atoms. The Kier molecular flexibility index (Phi) is 3.97. The van der Waals surface area contributed by atoms with Crippen LogP contribution in [-0.4, -0.2) is 28.0 Å². The van der Waals surface area contributed by atoms with Crippen molar-refractivity contribution in [3.8, 4) is 0 Å². The molecule has 1 aliphatic heterocycles. The molecule has 1 aromatic carbocycles. The first kappa shape index (κ1) is 14.1. The van der Waals surface area contributed by atoms with E-state index in [4.69, 9.17) is 0 Å². The molecule has 0 aliphatic carbocycles. The Morgan fingerprint density at radius 3 is 2.48 bits per heavy atom. The highest BCUT2D eigenvalue weighted by molar-refractivity contribution is 5.22. The van der Waals surface area contributed by atoms with Crippen LogP contribution >= 0.6 is 0 Å². The minimum atomic E-state index is -0.169. The van der Waals surface area contributed by atoms with Gasteiger partial charge in [0.1, 0.15) is 11.6 Å². The van der Waals surface area contributed by atoms with E-state index in [1.54, 1.807) is 12.1 Å². The Morgan fingerprint density at radius 1 is 1.14 bits per heavy atom. The topological polar surface area (TPSA) is 29.0 Å². The highest BCUT2D eigenvalue weighted by Crippen LogP contribution is 2.27. The van der Waals surface area contributed by atoms with Gasteiger partial charge >= 0.3 is 0 Å². The SMILES string of the molecule is Cc1cc(C)nc(CN2CC[C@@H](c3ccc(F)cc3)C2)n1. The monoisotopic (exact) mass is 285 g/mol. The summed E-state index contributed by atoms with van der Waals surface area (Å²) in [6.07, 6.45) is 1.11. The lowest BCUT2D eigenvalue weighted by molar-refractivity contribution is 0.317. The highest BCUT2D eigenvalue weighted by Gasteiger charge is 2.24. The van der Waals surface area contributed by atoms with Crippen molar-refractivity contribution in [3.05, 3.63) is 58.9 Å². The predicted octanol–water partition coefficient (Wildman–Crippen LogP) is 3.22. The quantitative estimate of drug-likeness (QED) is 0.867. The normalized spacial score (nSPS) is 19.1. The van der Waals surface area contributed by atoms with Crippen LogP contribution < -0.4 is 0 Å². The van der Waals surface area contributed by atoms with Crippen LogP contribution in [0.2, 0.25) is 0 Å². The van der Waals surface area contributed by atoms with Gasteiger partial charge in [-0.1, -0.05) is 12.1 Å². The highest BCUT2D eigenvalue weighted by atomic mass is 19.1. The third-order valence-electron chi connectivity index (χ3n) is 4.01. The van der Waals surface area contributed by atoms with Crippen molar-refractivity contribution in [1.29, 1.82) is 0 Å². The fraction of sp³-hybridized carbons (Fsp3) is 0.412. The Morgan fingerprint density at radius 2 is 1.81 bits per heavy atom. The second-order valence-electron chi connectivity index (χ2n) is 5.84. The van der Waals surface area contributed by atoms with Gasteiger partial charge in [0.25, 0.3) is 0 Å². The zero-order chi connectivity index (χ0) is 14.8. The van der Waals surface area contributed by atoms with Crippen molar-refractivity contribution >= 4 is 0 Å². The number of hydrogen-bond donors (Lipinski definition) is 0. The molecule has 110 valence electrons. The number of rotatable bonds is 3. The van der Waals surface area contributed by atoms with Gasteiger partial charge in [-0.05, 0) is 56.5 Å². The van der Waals surface area contributed by atoms with Crippen molar-refractivity contribution in [1.82, 2.24) is 14.9 Å². The van der Waals surface area contributed by atoms with Crippen molar-refractivity contribution < 1.29 is 4.39 Å². The molecular formula is C17H20FN3. The molecule has 3 nitrogen and oxygen atoms in total. The molecule has 0 radical (unpaired) electrons. The van der Waals surface area contributed by atoms with Crippen LogP contribution in [0.4, 0.5) is 4.39 Å². The Labute approximate surface area is 124 Å². The number of benzene rings is 1. The largest absolute Gasteiger partial charge is 0.295 e. The first-order valence-corrected chi connectivity index (χ1v) is 7.39. The maximum Gasteiger partial charge on any atom is 0.142 e. The predicted molar refractivity (Wildman–Crippen MR) is 80.5 cm³/mol. The molecule has 0 bridgehead atoms. The lowest BCUT2D eigenvalue weighted by atomic mass is 9.99. The molecule has 1 aliphatic rings. The average Bonchev–Trinajstić information content (AvgIpc) is 2.87. The van der Waals surface area contributed by atoms with E-state index in [-0.39, 0.29) is 5.82 Å². The molecule has 0 unspecified atom stereocenters. The molecule has 2 aromatic rings. The zero-order valence-electron chi connectivity index (χ0n) is 12.5. The maximum absolute atomic E-state index is 13.0. The summed E-state index contributed by atoms with van der Waals surface area (Å²) in [5.41, 5.74) is 3.26. The number of hydrogen-bond acceptors (Lipinski definition) is 3. The molecule has 2 heterocycles. The molecule has 0 saturated carbocycles. The van der Waals surface area contributed by atoms with Crippen LogP contribution in [0.1, 0.15) is 35.1 Å². The fourth-order valence-electron chi connectivity index (χ4n) is 3.05. The van der Waals surface area contributed by atoms with Gasteiger partial charge in [-0.2, -0.15) is 0 Å². The van der Waals surface area contributed by atoms with E-state index in [1.807, 2.05) is 32.0 Å². The molecule has 1 saturated heterocycles. The third-order valence-corrected chi connectivity index (χ3v) is 4.01. The molecule has 0 spiro atoms. The van der Waals surface area contributed by atoms with Gasteiger partial charge in [0.15, 0.2) is 0 Å². The Bertz CT molecular complexity index is 604. The number of aromatic nitrogens is 2. The van der Waals surface area contributed by atoms with E-state index in [0.717, 1.165) is 43.3 Å². The van der Waals surface area contributed by atoms with Crippen molar-refractivity contribution in [2.75, 3.05) is 13.1 Å². The molecular weight excluding hydrogens is 265 g/mol. The molecule has 1 atom stereocenters. The number of likely N-dealkylation sites (tertiary alicyclic amines) is 1. The van der Waals surface area contributed by atoms with Crippen LogP contribution in [0.15, 0.2) is 30.3 Å². The van der Waals surface area contributed by atoms with E-state index >= 15 is 0 Å². The Hall–Kier alpha value is -1.81. The van der Waals surface area contributed by atoms with Crippen LogP contribution in [-0.2, 0) is 6.54 Å². The van der Waals surface area contributed by atoms with Crippen molar-refractivity contribution in [2.45, 2.75) is 32.7 Å². The van der Waals surface area contributed by atoms with E-state index in [1.165, 1.54) is 5.56 Å². The van der Waals surface area contributed by atoms with Crippen LogP contribution in [0, 0.1) is 19.7 Å². The molecule has 0 amide bonds. The summed E-state index contributed by atoms with van der Waals surface area (Å²) in [6.45, 7) is 6.83. The summed E-state index contributed by atoms with van der Waals surface area (Å²) in [5, 5.41) is 0. The van der Waals surface area contributed by atoms with Crippen LogP contribution in [0.3, 0.4) is 0 Å². The smallest absolute Gasteiger partial charge is 0.142 e. The molecule has 1 aromatic heterocycles. The second kappa shape index (κ2) is 5.90. The number of nitrogens with zero attached hydrogens (tertiary/aromatic N) is 3. The standard InChI is InChI=1S/C17H20FN3/c1-12-9-13(2)20-17(19-12)11-21-8-7-15(10-21)14-3-5-16(18)6-4-14/h3-6,9,15H,7-8,10-11H2,1-2H3/t15-/m1/s1. The number of halogens is 1. The minimum Gasteiger partial charge on any atom is -0.295 e. The van der Waals surface area contributed by atoms with Gasteiger partial charge in [0.2, 0.25) is 0 Å². The zero-order valence-corrected chi connectivity index (χ0v) is 12.5. The first-order chi connectivity index (χ1) is 10.1. The fourth-order valence-corrected chi connectivity index (χ4v) is 3.05. The lowest BCUT2D eigenvalue weighted by Gasteiger charge is -2.15. The molecule has 0 N–H and O–H groups in total. The lowest BCUT2D eigenvalue weighted by Crippen LogP contribution is -2.21. The third kappa shape index (κ3) is 3.45. The summed E-state index contributed by atoms with van der Waals surface area (Å²) < 4.78 is 13.0. The van der Waals surface area contributed by atoms with Gasteiger partial charge in [0, 0.05) is 17.9 Å². The van der Waals surface area contributed by atoms with Crippen molar-refractivity contribution in [3.63, 3.8) is 0 Å². The van der Waals surface area contributed by atoms with E-state index in [0.29, 0.717) is 5.92 Å². The van der Waals surface area contributed by atoms with Gasteiger partial charge in [-0.3, -0.25) is 4.90 Å². The second-order valence-corrected chi connectivity index (χ2v) is 5.84. The minimum absolute atomic E-state index is 0.169.